The Morgan fingerprint density at radius 2 is 2.00 bits per heavy atom. The fourth-order valence-electron chi connectivity index (χ4n) is 0.857. The van der Waals surface area contributed by atoms with Crippen molar-refractivity contribution < 1.29 is 69.1 Å². The number of primary amides is 1. The first-order valence-electron chi connectivity index (χ1n) is 4.03. The van der Waals surface area contributed by atoms with Crippen molar-refractivity contribution >= 4 is 19.0 Å². The van der Waals surface area contributed by atoms with Crippen molar-refractivity contribution in [3.63, 3.8) is 0 Å². The number of halogens is 3. The van der Waals surface area contributed by atoms with E-state index in [1.54, 1.807) is 0 Å². The molecule has 2 N–H and O–H groups in total. The Kier molecular flexibility index (Phi) is 6.49. The van der Waals surface area contributed by atoms with Crippen molar-refractivity contribution in [2.24, 2.45) is 5.73 Å². The van der Waals surface area contributed by atoms with E-state index in [0.717, 1.165) is 12.3 Å². The average molecular weight is 254 g/mol. The van der Waals surface area contributed by atoms with Crippen molar-refractivity contribution in [2.75, 3.05) is 0 Å². The van der Waals surface area contributed by atoms with Gasteiger partial charge in [0.05, 0.1) is 11.3 Å². The van der Waals surface area contributed by atoms with Crippen LogP contribution in [0, 0.1) is 0 Å². The molecule has 0 bridgehead atoms. The van der Waals surface area contributed by atoms with Gasteiger partial charge < -0.3 is 18.7 Å². The van der Waals surface area contributed by atoms with Crippen LogP contribution in [-0.4, -0.2) is 17.9 Å². The number of hydrogen-bond acceptors (Lipinski definition) is 2. The van der Waals surface area contributed by atoms with Gasteiger partial charge >= 0.3 is 58.4 Å². The Morgan fingerprint density at radius 1 is 1.38 bits per heavy atom. The van der Waals surface area contributed by atoms with E-state index in [4.69, 9.17) is 5.73 Å². The Labute approximate surface area is 133 Å². The summed E-state index contributed by atoms with van der Waals surface area (Å²) >= 11 is 0. The van der Waals surface area contributed by atoms with E-state index in [-0.39, 0.29) is 68.6 Å². The maximum atomic E-state index is 11.8. The largest absolute Gasteiger partial charge is 1.00 e. The number of amides is 1. The van der Waals surface area contributed by atoms with Gasteiger partial charge in [-0.25, -0.2) is 0 Å². The predicted octanol–water partition coefficient (Wildman–Crippen LogP) is -1.42. The van der Waals surface area contributed by atoms with E-state index >= 15 is 0 Å². The van der Waals surface area contributed by atoms with Crippen LogP contribution in [0.3, 0.4) is 0 Å². The van der Waals surface area contributed by atoms with Gasteiger partial charge in [-0.1, -0.05) is 6.08 Å². The van der Waals surface area contributed by atoms with Crippen molar-refractivity contribution in [3.05, 3.63) is 35.6 Å². The minimum Gasteiger partial charge on any atom is -0.445 e. The van der Waals surface area contributed by atoms with Crippen molar-refractivity contribution in [3.8, 4) is 0 Å². The molecule has 0 atom stereocenters. The second kappa shape index (κ2) is 6.55. The SMILES string of the molecule is NC(=O)c1ccc(/C=C/[B-](F)(F)F)nc1.[K+]. The summed E-state index contributed by atoms with van der Waals surface area (Å²) in [6.45, 7) is -4.96. The molecule has 0 unspecified atom stereocenters. The smallest absolute Gasteiger partial charge is 0.445 e. The molecule has 0 radical (unpaired) electrons. The molecular weight excluding hydrogens is 247 g/mol. The minimum absolute atomic E-state index is 0. The molecule has 80 valence electrons. The first-order chi connectivity index (χ1) is 6.88. The molecule has 0 aliphatic rings. The zero-order valence-corrected chi connectivity index (χ0v) is 11.7. The number of rotatable bonds is 3. The molecule has 0 saturated heterocycles. The molecule has 0 spiro atoms. The zero-order chi connectivity index (χ0) is 11.5. The number of carbonyl (C=O) groups excluding carboxylic acids is 1. The van der Waals surface area contributed by atoms with Gasteiger partial charge in [-0.05, 0) is 12.1 Å². The molecule has 3 nitrogen and oxygen atoms in total. The minimum atomic E-state index is -4.96. The molecule has 1 aromatic heterocycles. The van der Waals surface area contributed by atoms with Gasteiger partial charge in [0.2, 0.25) is 5.91 Å². The number of aromatic nitrogens is 1. The summed E-state index contributed by atoms with van der Waals surface area (Å²) in [5.41, 5.74) is 5.21. The van der Waals surface area contributed by atoms with Crippen LogP contribution in [0.4, 0.5) is 12.9 Å². The maximum absolute atomic E-state index is 11.8. The molecule has 16 heavy (non-hydrogen) atoms. The first-order valence-corrected chi connectivity index (χ1v) is 4.03. The monoisotopic (exact) mass is 254 g/mol. The normalized spacial score (nSPS) is 11.2. The number of hydrogen-bond donors (Lipinski definition) is 1. The van der Waals surface area contributed by atoms with Gasteiger partial charge in [-0.3, -0.25) is 9.78 Å². The summed E-state index contributed by atoms with van der Waals surface area (Å²) in [7, 11) is 0. The Hall–Kier alpha value is -0.149. The van der Waals surface area contributed by atoms with Crippen LogP contribution in [0.1, 0.15) is 16.1 Å². The molecule has 0 aliphatic carbocycles. The van der Waals surface area contributed by atoms with E-state index in [0.29, 0.717) is 0 Å². The van der Waals surface area contributed by atoms with Crippen LogP contribution in [-0.2, 0) is 0 Å². The van der Waals surface area contributed by atoms with E-state index in [1.165, 1.54) is 12.1 Å². The average Bonchev–Trinajstić information content (AvgIpc) is 2.14. The Bertz CT molecular complexity index is 391. The van der Waals surface area contributed by atoms with E-state index < -0.39 is 12.9 Å². The van der Waals surface area contributed by atoms with Gasteiger partial charge in [-0.2, -0.15) is 0 Å². The number of nitrogens with two attached hydrogens (primary N) is 1. The summed E-state index contributed by atoms with van der Waals surface area (Å²) in [6, 6.07) is 2.61. The van der Waals surface area contributed by atoms with Crippen LogP contribution >= 0.6 is 0 Å². The molecule has 0 saturated carbocycles. The topological polar surface area (TPSA) is 56.0 Å². The van der Waals surface area contributed by atoms with E-state index in [9.17, 15) is 17.7 Å². The van der Waals surface area contributed by atoms with Crippen LogP contribution in [0.5, 0.6) is 0 Å². The summed E-state index contributed by atoms with van der Waals surface area (Å²) in [5.74, 6) is -0.537. The van der Waals surface area contributed by atoms with Crippen molar-refractivity contribution in [2.45, 2.75) is 0 Å². The summed E-state index contributed by atoms with van der Waals surface area (Å²) in [6.07, 6.45) is 1.97. The zero-order valence-electron chi connectivity index (χ0n) is 8.53. The van der Waals surface area contributed by atoms with Crippen LogP contribution < -0.4 is 57.1 Å². The van der Waals surface area contributed by atoms with E-state index in [2.05, 4.69) is 4.98 Å². The van der Waals surface area contributed by atoms with Crippen molar-refractivity contribution in [1.82, 2.24) is 4.98 Å². The Balaban J connectivity index is 0.00000225. The standard InChI is InChI=1S/C8H7BF3N2O.K/c10-9(11,12)4-3-7-2-1-6(5-14-7)8(13)15;/h1-5H,(H2,13,15);/q-1;+1/b4-3+;. The Morgan fingerprint density at radius 3 is 2.38 bits per heavy atom. The number of carbonyl (C=O) groups is 1. The van der Waals surface area contributed by atoms with Gasteiger partial charge in [0.1, 0.15) is 0 Å². The molecule has 1 heterocycles. The van der Waals surface area contributed by atoms with Gasteiger partial charge in [-0.15, -0.1) is 5.98 Å². The first kappa shape index (κ1) is 15.9. The van der Waals surface area contributed by atoms with Gasteiger partial charge in [0.25, 0.3) is 0 Å². The maximum Gasteiger partial charge on any atom is 1.00 e. The molecule has 0 aliphatic heterocycles. The molecule has 1 amide bonds. The third-order valence-corrected chi connectivity index (χ3v) is 1.56. The van der Waals surface area contributed by atoms with Gasteiger partial charge in [0, 0.05) is 6.20 Å². The van der Waals surface area contributed by atoms with Crippen molar-refractivity contribution in [1.29, 1.82) is 0 Å². The summed E-state index contributed by atoms with van der Waals surface area (Å²) < 4.78 is 35.5. The third kappa shape index (κ3) is 5.81. The second-order valence-corrected chi connectivity index (χ2v) is 2.82. The molecule has 0 aromatic carbocycles. The third-order valence-electron chi connectivity index (χ3n) is 1.56. The fourth-order valence-corrected chi connectivity index (χ4v) is 0.857. The molecule has 8 heteroatoms. The quantitative estimate of drug-likeness (QED) is 0.673. The van der Waals surface area contributed by atoms with Crippen LogP contribution in [0.25, 0.3) is 6.08 Å². The van der Waals surface area contributed by atoms with Crippen LogP contribution in [0.15, 0.2) is 24.3 Å². The predicted molar refractivity (Wildman–Crippen MR) is 50.9 cm³/mol. The number of pyridine rings is 1. The number of nitrogens with zero attached hydrogens (tertiary/aromatic N) is 1. The molecular formula is C8H7BF3KN2O. The molecule has 0 fully saturated rings. The second-order valence-electron chi connectivity index (χ2n) is 2.82. The van der Waals surface area contributed by atoms with Crippen LogP contribution in [0.2, 0.25) is 0 Å². The summed E-state index contributed by atoms with van der Waals surface area (Å²) in [4.78, 5) is 14.2. The molecule has 1 aromatic rings. The van der Waals surface area contributed by atoms with E-state index in [1.807, 2.05) is 0 Å². The fraction of sp³-hybridized carbons (Fsp3) is 0. The molecule has 1 rings (SSSR count). The summed E-state index contributed by atoms with van der Waals surface area (Å²) in [5, 5.41) is 0. The van der Waals surface area contributed by atoms with Gasteiger partial charge in [0.15, 0.2) is 0 Å².